The first-order valence-corrected chi connectivity index (χ1v) is 8.76. The first-order chi connectivity index (χ1) is 13.0. The molecule has 2 aromatic rings. The number of nitrogens with zero attached hydrogens (tertiary/aromatic N) is 2. The molecule has 1 saturated heterocycles. The van der Waals surface area contributed by atoms with E-state index in [9.17, 15) is 19.1 Å². The Morgan fingerprint density at radius 3 is 2.48 bits per heavy atom. The van der Waals surface area contributed by atoms with E-state index in [2.05, 4.69) is 0 Å². The van der Waals surface area contributed by atoms with E-state index in [1.807, 2.05) is 4.90 Å². The smallest absolute Gasteiger partial charge is 0.342 e. The van der Waals surface area contributed by atoms with Crippen molar-refractivity contribution in [3.8, 4) is 5.75 Å². The zero-order valence-corrected chi connectivity index (χ0v) is 15.2. The maximum Gasteiger partial charge on any atom is 0.342 e. The third kappa shape index (κ3) is 4.49. The number of phenolic OH excluding ortho intramolecular Hbond substituents is 1. The van der Waals surface area contributed by atoms with Crippen LogP contribution in [0, 0.1) is 5.82 Å². The summed E-state index contributed by atoms with van der Waals surface area (Å²) in [5, 5.41) is 10.0. The number of carbonyl (C=O) groups is 2. The second kappa shape index (κ2) is 8.26. The molecule has 142 valence electrons. The first-order valence-electron chi connectivity index (χ1n) is 8.38. The minimum atomic E-state index is -0.803. The summed E-state index contributed by atoms with van der Waals surface area (Å²) in [6.07, 6.45) is 0. The molecule has 1 aliphatic heterocycles. The quantitative estimate of drug-likeness (QED) is 0.810. The average molecular weight is 393 g/mol. The summed E-state index contributed by atoms with van der Waals surface area (Å²) in [6.45, 7) is 1.34. The molecule has 27 heavy (non-hydrogen) atoms. The van der Waals surface area contributed by atoms with Crippen molar-refractivity contribution >= 4 is 29.2 Å². The molecule has 0 radical (unpaired) electrons. The van der Waals surface area contributed by atoms with Crippen molar-refractivity contribution in [2.45, 2.75) is 0 Å². The summed E-state index contributed by atoms with van der Waals surface area (Å²) < 4.78 is 18.8. The normalized spacial score (nSPS) is 14.1. The summed E-state index contributed by atoms with van der Waals surface area (Å²) in [4.78, 5) is 27.7. The second-order valence-electron chi connectivity index (χ2n) is 6.06. The number of para-hydroxylation sites is 1. The predicted molar refractivity (Wildman–Crippen MR) is 98.6 cm³/mol. The molecule has 0 spiro atoms. The van der Waals surface area contributed by atoms with Gasteiger partial charge in [-0.15, -0.1) is 0 Å². The lowest BCUT2D eigenvalue weighted by molar-refractivity contribution is -0.134. The van der Waals surface area contributed by atoms with E-state index in [1.54, 1.807) is 23.1 Å². The number of phenols is 1. The van der Waals surface area contributed by atoms with Gasteiger partial charge in [0.15, 0.2) is 6.61 Å². The Balaban J connectivity index is 1.51. The number of aromatic hydroxyl groups is 1. The summed E-state index contributed by atoms with van der Waals surface area (Å²) in [7, 11) is 0. The van der Waals surface area contributed by atoms with Crippen molar-refractivity contribution < 1.29 is 23.8 Å². The number of rotatable bonds is 4. The minimum Gasteiger partial charge on any atom is -0.507 e. The Morgan fingerprint density at radius 1 is 1.11 bits per heavy atom. The number of esters is 1. The molecule has 8 heteroatoms. The topological polar surface area (TPSA) is 70.1 Å². The third-order valence-electron chi connectivity index (χ3n) is 4.33. The third-order valence-corrected chi connectivity index (χ3v) is 4.57. The lowest BCUT2D eigenvalue weighted by atomic mass is 10.2. The number of halogens is 2. The van der Waals surface area contributed by atoms with Crippen LogP contribution in [0.15, 0.2) is 42.5 Å². The average Bonchev–Trinajstić information content (AvgIpc) is 2.66. The number of piperazine rings is 1. The van der Waals surface area contributed by atoms with Gasteiger partial charge >= 0.3 is 5.97 Å². The molecule has 3 rings (SSSR count). The van der Waals surface area contributed by atoms with Gasteiger partial charge in [0.25, 0.3) is 5.91 Å². The van der Waals surface area contributed by atoms with Crippen LogP contribution in [0.4, 0.5) is 10.1 Å². The molecule has 1 aliphatic rings. The zero-order chi connectivity index (χ0) is 19.4. The van der Waals surface area contributed by atoms with Crippen molar-refractivity contribution in [3.05, 3.63) is 58.9 Å². The standard InChI is InChI=1S/C19H18ClFN2O4/c20-13-5-6-14(17(24)11-13)19(26)27-12-18(25)23-9-7-22(8-10-23)16-4-2-1-3-15(16)21/h1-6,11,24H,7-10,12H2. The van der Waals surface area contributed by atoms with Gasteiger partial charge in [0.05, 0.1) is 5.69 Å². The highest BCUT2D eigenvalue weighted by molar-refractivity contribution is 6.30. The fraction of sp³-hybridized carbons (Fsp3) is 0.263. The maximum absolute atomic E-state index is 13.8. The Kier molecular flexibility index (Phi) is 5.81. The number of benzene rings is 2. The molecule has 6 nitrogen and oxygen atoms in total. The van der Waals surface area contributed by atoms with E-state index in [0.717, 1.165) is 0 Å². The van der Waals surface area contributed by atoms with Crippen LogP contribution >= 0.6 is 11.6 Å². The van der Waals surface area contributed by atoms with Crippen LogP contribution < -0.4 is 4.90 Å². The van der Waals surface area contributed by atoms with Crippen molar-refractivity contribution in [1.82, 2.24) is 4.90 Å². The van der Waals surface area contributed by atoms with Gasteiger partial charge in [-0.1, -0.05) is 23.7 Å². The van der Waals surface area contributed by atoms with E-state index in [0.29, 0.717) is 31.9 Å². The Hall–Kier alpha value is -2.80. The molecular weight excluding hydrogens is 375 g/mol. The van der Waals surface area contributed by atoms with E-state index in [4.69, 9.17) is 16.3 Å². The van der Waals surface area contributed by atoms with Gasteiger partial charge in [0.2, 0.25) is 0 Å². The summed E-state index contributed by atoms with van der Waals surface area (Å²) in [5.74, 6) is -1.75. The van der Waals surface area contributed by atoms with E-state index in [1.165, 1.54) is 24.3 Å². The Labute approximate surface area is 160 Å². The van der Waals surface area contributed by atoms with Gasteiger partial charge in [-0.2, -0.15) is 0 Å². The van der Waals surface area contributed by atoms with Gasteiger partial charge in [0, 0.05) is 31.2 Å². The van der Waals surface area contributed by atoms with Crippen LogP contribution in [0.5, 0.6) is 5.75 Å². The molecule has 1 amide bonds. The second-order valence-corrected chi connectivity index (χ2v) is 6.49. The first kappa shape index (κ1) is 19.0. The molecule has 0 aromatic heterocycles. The van der Waals surface area contributed by atoms with Crippen LogP contribution in [-0.4, -0.2) is 54.7 Å². The van der Waals surface area contributed by atoms with Crippen LogP contribution in [0.25, 0.3) is 0 Å². The molecule has 0 saturated carbocycles. The molecule has 0 atom stereocenters. The van der Waals surface area contributed by atoms with Gasteiger partial charge in [-0.3, -0.25) is 4.79 Å². The number of anilines is 1. The number of amides is 1. The highest BCUT2D eigenvalue weighted by Crippen LogP contribution is 2.23. The molecular formula is C19H18ClFN2O4. The van der Waals surface area contributed by atoms with Gasteiger partial charge in [0.1, 0.15) is 17.1 Å². The molecule has 1 fully saturated rings. The van der Waals surface area contributed by atoms with Crippen molar-refractivity contribution in [1.29, 1.82) is 0 Å². The highest BCUT2D eigenvalue weighted by Gasteiger charge is 2.24. The fourth-order valence-electron chi connectivity index (χ4n) is 2.88. The van der Waals surface area contributed by atoms with Gasteiger partial charge in [-0.05, 0) is 30.3 Å². The van der Waals surface area contributed by atoms with Crippen LogP contribution in [0.1, 0.15) is 10.4 Å². The van der Waals surface area contributed by atoms with Crippen LogP contribution in [0.3, 0.4) is 0 Å². The zero-order valence-electron chi connectivity index (χ0n) is 14.4. The number of hydrogen-bond donors (Lipinski definition) is 1. The number of hydrogen-bond acceptors (Lipinski definition) is 5. The predicted octanol–water partition coefficient (Wildman–Crippen LogP) is 2.69. The van der Waals surface area contributed by atoms with Crippen molar-refractivity contribution in [3.63, 3.8) is 0 Å². The lowest BCUT2D eigenvalue weighted by Crippen LogP contribution is -2.50. The molecule has 1 N–H and O–H groups in total. The molecule has 0 aliphatic carbocycles. The SMILES string of the molecule is O=C(OCC(=O)N1CCN(c2ccccc2F)CC1)c1ccc(Cl)cc1O. The van der Waals surface area contributed by atoms with Crippen LogP contribution in [-0.2, 0) is 9.53 Å². The van der Waals surface area contributed by atoms with Gasteiger partial charge in [-0.25, -0.2) is 9.18 Å². The fourth-order valence-corrected chi connectivity index (χ4v) is 3.05. The Bertz CT molecular complexity index is 853. The summed E-state index contributed by atoms with van der Waals surface area (Å²) >= 11 is 5.72. The molecule has 1 heterocycles. The van der Waals surface area contributed by atoms with Crippen molar-refractivity contribution in [2.24, 2.45) is 0 Å². The van der Waals surface area contributed by atoms with E-state index < -0.39 is 12.6 Å². The molecule has 0 bridgehead atoms. The largest absolute Gasteiger partial charge is 0.507 e. The van der Waals surface area contributed by atoms with Gasteiger partial charge < -0.3 is 19.6 Å². The molecule has 0 unspecified atom stereocenters. The minimum absolute atomic E-state index is 0.0587. The van der Waals surface area contributed by atoms with E-state index >= 15 is 0 Å². The molecule has 2 aromatic carbocycles. The summed E-state index contributed by atoms with van der Waals surface area (Å²) in [6, 6.07) is 10.5. The van der Waals surface area contributed by atoms with E-state index in [-0.39, 0.29) is 28.1 Å². The Morgan fingerprint density at radius 2 is 1.81 bits per heavy atom. The maximum atomic E-state index is 13.8. The summed E-state index contributed by atoms with van der Waals surface area (Å²) in [5.41, 5.74) is 0.450. The van der Waals surface area contributed by atoms with Crippen molar-refractivity contribution in [2.75, 3.05) is 37.7 Å². The number of ether oxygens (including phenoxy) is 1. The monoisotopic (exact) mass is 392 g/mol. The van der Waals surface area contributed by atoms with Crippen LogP contribution in [0.2, 0.25) is 5.02 Å². The lowest BCUT2D eigenvalue weighted by Gasteiger charge is -2.36. The number of carbonyl (C=O) groups excluding carboxylic acids is 2. The highest BCUT2D eigenvalue weighted by atomic mass is 35.5.